The zero-order chi connectivity index (χ0) is 16.1. The highest BCUT2D eigenvalue weighted by Gasteiger charge is 2.26. The maximum absolute atomic E-state index is 12.4. The number of hydrogen-bond acceptors (Lipinski definition) is 5. The molecule has 2 heterocycles. The van der Waals surface area contributed by atoms with Gasteiger partial charge in [-0.15, -0.1) is 24.8 Å². The van der Waals surface area contributed by atoms with Gasteiger partial charge in [-0.25, -0.2) is 0 Å². The fourth-order valence-electron chi connectivity index (χ4n) is 2.88. The molecule has 1 N–H and O–H groups in total. The van der Waals surface area contributed by atoms with E-state index >= 15 is 0 Å². The van der Waals surface area contributed by atoms with Crippen LogP contribution in [-0.4, -0.2) is 110 Å². The van der Waals surface area contributed by atoms with Gasteiger partial charge in [0, 0.05) is 66.0 Å². The first-order chi connectivity index (χ1) is 10.5. The van der Waals surface area contributed by atoms with Crippen molar-refractivity contribution in [3.63, 3.8) is 0 Å². The van der Waals surface area contributed by atoms with Gasteiger partial charge in [-0.2, -0.15) is 0 Å². The molecule has 142 valence electrons. The number of amides is 2. The highest BCUT2D eigenvalue weighted by molar-refractivity contribution is 5.85. The highest BCUT2D eigenvalue weighted by atomic mass is 35.5. The van der Waals surface area contributed by atoms with Crippen LogP contribution in [0.25, 0.3) is 0 Å². The van der Waals surface area contributed by atoms with Gasteiger partial charge in [-0.3, -0.25) is 19.4 Å². The van der Waals surface area contributed by atoms with Crippen molar-refractivity contribution in [3.8, 4) is 0 Å². The van der Waals surface area contributed by atoms with Crippen LogP contribution in [0.1, 0.15) is 6.92 Å². The summed E-state index contributed by atoms with van der Waals surface area (Å²) in [6, 6.07) is 0.414. The Kier molecular flexibility index (Phi) is 10.8. The van der Waals surface area contributed by atoms with Crippen molar-refractivity contribution in [2.75, 3.05) is 73.0 Å². The van der Waals surface area contributed by atoms with Gasteiger partial charge < -0.3 is 15.1 Å². The lowest BCUT2D eigenvalue weighted by Crippen LogP contribution is -2.56. The summed E-state index contributed by atoms with van der Waals surface area (Å²) in [6.07, 6.45) is 0. The van der Waals surface area contributed by atoms with Crippen LogP contribution in [0.3, 0.4) is 0 Å². The molecule has 0 aromatic carbocycles. The molecule has 2 rings (SSSR count). The number of halogens is 2. The van der Waals surface area contributed by atoms with Crippen LogP contribution < -0.4 is 5.32 Å². The zero-order valence-electron chi connectivity index (χ0n) is 14.9. The van der Waals surface area contributed by atoms with Gasteiger partial charge in [-0.05, 0) is 6.92 Å². The Hall–Kier alpha value is -0.600. The van der Waals surface area contributed by atoms with Gasteiger partial charge in [0.05, 0.1) is 13.1 Å². The first-order valence-electron chi connectivity index (χ1n) is 8.12. The van der Waals surface area contributed by atoms with Crippen LogP contribution in [0, 0.1) is 0 Å². The van der Waals surface area contributed by atoms with E-state index in [0.717, 1.165) is 45.8 Å². The molecule has 0 bridgehead atoms. The quantitative estimate of drug-likeness (QED) is 0.699. The van der Waals surface area contributed by atoms with Gasteiger partial charge in [0.2, 0.25) is 11.8 Å². The normalized spacial score (nSPS) is 22.3. The number of hydrogen-bond donors (Lipinski definition) is 1. The Morgan fingerprint density at radius 2 is 1.67 bits per heavy atom. The van der Waals surface area contributed by atoms with Crippen LogP contribution in [0.15, 0.2) is 0 Å². The molecule has 2 amide bonds. The molecule has 0 aromatic rings. The van der Waals surface area contributed by atoms with Crippen molar-refractivity contribution in [2.45, 2.75) is 13.0 Å². The van der Waals surface area contributed by atoms with Crippen LogP contribution in [-0.2, 0) is 9.59 Å². The summed E-state index contributed by atoms with van der Waals surface area (Å²) >= 11 is 0. The molecule has 1 atom stereocenters. The molecule has 24 heavy (non-hydrogen) atoms. The van der Waals surface area contributed by atoms with E-state index in [1.807, 2.05) is 4.90 Å². The average Bonchev–Trinajstić information content (AvgIpc) is 2.50. The third kappa shape index (κ3) is 6.72. The van der Waals surface area contributed by atoms with Gasteiger partial charge in [0.15, 0.2) is 0 Å². The Morgan fingerprint density at radius 1 is 1.04 bits per heavy atom. The molecular weight excluding hydrogens is 353 g/mol. The first-order valence-corrected chi connectivity index (χ1v) is 8.12. The van der Waals surface area contributed by atoms with Crippen LogP contribution in [0.5, 0.6) is 0 Å². The molecule has 0 spiro atoms. The van der Waals surface area contributed by atoms with E-state index in [9.17, 15) is 9.59 Å². The van der Waals surface area contributed by atoms with E-state index in [1.54, 1.807) is 19.0 Å². The summed E-state index contributed by atoms with van der Waals surface area (Å²) in [4.78, 5) is 32.1. The van der Waals surface area contributed by atoms with Crippen LogP contribution in [0.4, 0.5) is 0 Å². The van der Waals surface area contributed by atoms with Crippen molar-refractivity contribution in [1.82, 2.24) is 24.9 Å². The highest BCUT2D eigenvalue weighted by Crippen LogP contribution is 2.06. The molecule has 0 radical (unpaired) electrons. The van der Waals surface area contributed by atoms with E-state index in [2.05, 4.69) is 22.0 Å². The number of nitrogens with zero attached hydrogens (tertiary/aromatic N) is 4. The molecule has 2 fully saturated rings. The van der Waals surface area contributed by atoms with E-state index in [4.69, 9.17) is 0 Å². The number of carbonyl (C=O) groups is 2. The minimum atomic E-state index is 0. The number of piperazine rings is 2. The predicted octanol–water partition coefficient (Wildman–Crippen LogP) is -0.644. The average molecular weight is 384 g/mol. The fraction of sp³-hybridized carbons (Fsp3) is 0.867. The van der Waals surface area contributed by atoms with E-state index < -0.39 is 0 Å². The summed E-state index contributed by atoms with van der Waals surface area (Å²) in [6.45, 7) is 8.97. The van der Waals surface area contributed by atoms with Crippen molar-refractivity contribution in [2.24, 2.45) is 0 Å². The zero-order valence-corrected chi connectivity index (χ0v) is 16.5. The summed E-state index contributed by atoms with van der Waals surface area (Å²) in [5.74, 6) is 0.335. The van der Waals surface area contributed by atoms with Crippen molar-refractivity contribution >= 4 is 36.6 Å². The molecule has 0 saturated carbocycles. The molecule has 2 saturated heterocycles. The van der Waals surface area contributed by atoms with E-state index in [-0.39, 0.29) is 36.6 Å². The summed E-state index contributed by atoms with van der Waals surface area (Å²) in [5, 5.41) is 3.34. The van der Waals surface area contributed by atoms with Crippen LogP contribution in [0.2, 0.25) is 0 Å². The van der Waals surface area contributed by atoms with Crippen LogP contribution >= 0.6 is 24.8 Å². The molecule has 2 aliphatic rings. The Bertz CT molecular complexity index is 403. The third-order valence-corrected chi connectivity index (χ3v) is 4.56. The monoisotopic (exact) mass is 383 g/mol. The SMILES string of the molecule is C[C@@H]1CNCCN1CC(=O)N1CCN(CC(=O)N(C)C)CC1.Cl.Cl. The lowest BCUT2D eigenvalue weighted by molar-refractivity contribution is -0.135. The molecular formula is C15H31Cl2N5O2. The smallest absolute Gasteiger partial charge is 0.236 e. The van der Waals surface area contributed by atoms with Crippen molar-refractivity contribution in [3.05, 3.63) is 0 Å². The summed E-state index contributed by atoms with van der Waals surface area (Å²) < 4.78 is 0. The second kappa shape index (κ2) is 11.1. The third-order valence-electron chi connectivity index (χ3n) is 4.56. The molecule has 0 unspecified atom stereocenters. The molecule has 7 nitrogen and oxygen atoms in total. The van der Waals surface area contributed by atoms with E-state index in [1.165, 1.54) is 0 Å². The maximum Gasteiger partial charge on any atom is 0.236 e. The van der Waals surface area contributed by atoms with Gasteiger partial charge in [0.1, 0.15) is 0 Å². The second-order valence-corrected chi connectivity index (χ2v) is 6.47. The minimum Gasteiger partial charge on any atom is -0.348 e. The van der Waals surface area contributed by atoms with E-state index in [0.29, 0.717) is 19.1 Å². The Balaban J connectivity index is 0.00000264. The standard InChI is InChI=1S/C15H29N5O2.2ClH/c1-13-10-16-4-5-20(13)12-15(22)19-8-6-18(7-9-19)11-14(21)17(2)3;;/h13,16H,4-12H2,1-3H3;2*1H/t13-;;/m1../s1. The Morgan fingerprint density at radius 3 is 2.21 bits per heavy atom. The molecule has 9 heteroatoms. The van der Waals surface area contributed by atoms with Gasteiger partial charge in [0.25, 0.3) is 0 Å². The van der Waals surface area contributed by atoms with Crippen molar-refractivity contribution < 1.29 is 9.59 Å². The van der Waals surface area contributed by atoms with Gasteiger partial charge >= 0.3 is 0 Å². The number of carbonyl (C=O) groups excluding carboxylic acids is 2. The topological polar surface area (TPSA) is 59.1 Å². The summed E-state index contributed by atoms with van der Waals surface area (Å²) in [5.41, 5.74) is 0. The number of nitrogens with one attached hydrogen (secondary N) is 1. The molecule has 0 aromatic heterocycles. The first kappa shape index (κ1) is 23.4. The molecule has 0 aliphatic carbocycles. The summed E-state index contributed by atoms with van der Waals surface area (Å²) in [7, 11) is 3.55. The lowest BCUT2D eigenvalue weighted by Gasteiger charge is -2.38. The number of likely N-dealkylation sites (N-methyl/N-ethyl adjacent to an activating group) is 1. The second-order valence-electron chi connectivity index (χ2n) is 6.47. The number of rotatable bonds is 4. The lowest BCUT2D eigenvalue weighted by atomic mass is 10.2. The molecule has 2 aliphatic heterocycles. The largest absolute Gasteiger partial charge is 0.348 e. The van der Waals surface area contributed by atoms with Crippen molar-refractivity contribution in [1.29, 1.82) is 0 Å². The predicted molar refractivity (Wildman–Crippen MR) is 100 cm³/mol. The minimum absolute atomic E-state index is 0. The fourth-order valence-corrected chi connectivity index (χ4v) is 2.88. The Labute approximate surface area is 157 Å². The maximum atomic E-state index is 12.4. The van der Waals surface area contributed by atoms with Gasteiger partial charge in [-0.1, -0.05) is 0 Å².